The molecule has 27 heavy (non-hydrogen) atoms. The largest absolute Gasteiger partial charge is 0.354 e. The summed E-state index contributed by atoms with van der Waals surface area (Å²) in [6.45, 7) is 3.59. The van der Waals surface area contributed by atoms with Gasteiger partial charge in [-0.05, 0) is 50.6 Å². The van der Waals surface area contributed by atoms with Gasteiger partial charge in [-0.25, -0.2) is 0 Å². The number of hydrogen-bond donors (Lipinski definition) is 3. The van der Waals surface area contributed by atoms with E-state index in [1.165, 1.54) is 18.4 Å². The first-order valence-corrected chi connectivity index (χ1v) is 9.94. The topological polar surface area (TPSA) is 67.1 Å². The molecule has 1 aromatic rings. The molecular formula is C21H35Cl2N3O. The van der Waals surface area contributed by atoms with E-state index in [2.05, 4.69) is 47.9 Å². The van der Waals surface area contributed by atoms with Gasteiger partial charge in [-0.3, -0.25) is 4.79 Å². The van der Waals surface area contributed by atoms with E-state index in [-0.39, 0.29) is 42.2 Å². The molecule has 0 spiro atoms. The molecule has 2 aliphatic rings. The minimum absolute atomic E-state index is 0. The Bertz CT molecular complexity index is 564. The monoisotopic (exact) mass is 415 g/mol. The highest BCUT2D eigenvalue weighted by Gasteiger charge is 2.37. The van der Waals surface area contributed by atoms with Gasteiger partial charge in [-0.1, -0.05) is 49.6 Å². The molecule has 1 unspecified atom stereocenters. The summed E-state index contributed by atoms with van der Waals surface area (Å²) in [5.74, 6) is 0.708. The van der Waals surface area contributed by atoms with E-state index >= 15 is 0 Å². The van der Waals surface area contributed by atoms with Crippen molar-refractivity contribution < 1.29 is 4.79 Å². The number of benzene rings is 1. The predicted molar refractivity (Wildman–Crippen MR) is 117 cm³/mol. The molecule has 2 fully saturated rings. The Labute approximate surface area is 176 Å². The van der Waals surface area contributed by atoms with E-state index < -0.39 is 0 Å². The van der Waals surface area contributed by atoms with Crippen LogP contribution in [0.15, 0.2) is 30.3 Å². The van der Waals surface area contributed by atoms with Crippen molar-refractivity contribution in [2.75, 3.05) is 13.1 Å². The lowest BCUT2D eigenvalue weighted by Crippen LogP contribution is -2.53. The summed E-state index contributed by atoms with van der Waals surface area (Å²) in [7, 11) is 0. The molecule has 2 aliphatic carbocycles. The van der Waals surface area contributed by atoms with Crippen LogP contribution in [0.2, 0.25) is 0 Å². The minimum atomic E-state index is 0. The van der Waals surface area contributed by atoms with E-state index in [1.807, 2.05) is 0 Å². The molecule has 0 aromatic heterocycles. The van der Waals surface area contributed by atoms with Gasteiger partial charge in [0.25, 0.3) is 0 Å². The van der Waals surface area contributed by atoms with E-state index in [4.69, 9.17) is 5.73 Å². The predicted octanol–water partition coefficient (Wildman–Crippen LogP) is 3.98. The molecule has 0 aliphatic heterocycles. The molecule has 2 saturated carbocycles. The number of hydrogen-bond acceptors (Lipinski definition) is 3. The van der Waals surface area contributed by atoms with Gasteiger partial charge in [-0.2, -0.15) is 0 Å². The normalized spacial score (nSPS) is 24.5. The molecule has 3 rings (SSSR count). The molecule has 154 valence electrons. The number of carbonyl (C=O) groups is 1. The Morgan fingerprint density at radius 2 is 1.81 bits per heavy atom. The second kappa shape index (κ2) is 11.3. The SMILES string of the molecule is CC(NC1(CNC(=O)[C@@H]2CCC[C@@H]2CN)CCCC1)c1ccccc1.Cl.Cl. The van der Waals surface area contributed by atoms with Crippen molar-refractivity contribution in [1.29, 1.82) is 0 Å². The van der Waals surface area contributed by atoms with Crippen molar-refractivity contribution in [2.24, 2.45) is 17.6 Å². The van der Waals surface area contributed by atoms with Gasteiger partial charge in [0.15, 0.2) is 0 Å². The van der Waals surface area contributed by atoms with Crippen LogP contribution in [0, 0.1) is 11.8 Å². The van der Waals surface area contributed by atoms with Crippen molar-refractivity contribution in [1.82, 2.24) is 10.6 Å². The summed E-state index contributed by atoms with van der Waals surface area (Å²) in [6, 6.07) is 10.9. The molecule has 4 nitrogen and oxygen atoms in total. The van der Waals surface area contributed by atoms with Crippen LogP contribution < -0.4 is 16.4 Å². The van der Waals surface area contributed by atoms with Gasteiger partial charge in [0.2, 0.25) is 5.91 Å². The number of carbonyl (C=O) groups excluding carboxylic acids is 1. The van der Waals surface area contributed by atoms with E-state index in [0.29, 0.717) is 18.5 Å². The Balaban J connectivity index is 0.00000182. The number of halogens is 2. The van der Waals surface area contributed by atoms with Crippen LogP contribution in [-0.4, -0.2) is 24.5 Å². The summed E-state index contributed by atoms with van der Waals surface area (Å²) in [5, 5.41) is 7.11. The summed E-state index contributed by atoms with van der Waals surface area (Å²) in [4.78, 5) is 12.7. The third-order valence-corrected chi connectivity index (χ3v) is 6.28. The van der Waals surface area contributed by atoms with Gasteiger partial charge in [0, 0.05) is 24.0 Å². The van der Waals surface area contributed by atoms with Crippen LogP contribution >= 0.6 is 24.8 Å². The van der Waals surface area contributed by atoms with Gasteiger partial charge >= 0.3 is 0 Å². The Morgan fingerprint density at radius 1 is 1.15 bits per heavy atom. The average molecular weight is 416 g/mol. The zero-order valence-corrected chi connectivity index (χ0v) is 17.9. The van der Waals surface area contributed by atoms with Gasteiger partial charge in [0.1, 0.15) is 0 Å². The van der Waals surface area contributed by atoms with E-state index in [0.717, 1.165) is 38.6 Å². The molecule has 1 aromatic carbocycles. The van der Waals surface area contributed by atoms with Crippen molar-refractivity contribution in [3.05, 3.63) is 35.9 Å². The van der Waals surface area contributed by atoms with Crippen molar-refractivity contribution in [3.63, 3.8) is 0 Å². The van der Waals surface area contributed by atoms with E-state index in [1.54, 1.807) is 0 Å². The number of nitrogens with one attached hydrogen (secondary N) is 2. The van der Waals surface area contributed by atoms with Crippen molar-refractivity contribution in [2.45, 2.75) is 63.5 Å². The van der Waals surface area contributed by atoms with Crippen LogP contribution in [0.1, 0.15) is 63.5 Å². The first kappa shape index (κ1) is 24.2. The van der Waals surface area contributed by atoms with Crippen molar-refractivity contribution in [3.8, 4) is 0 Å². The maximum Gasteiger partial charge on any atom is 0.223 e. The van der Waals surface area contributed by atoms with Gasteiger partial charge < -0.3 is 16.4 Å². The highest BCUT2D eigenvalue weighted by molar-refractivity contribution is 5.85. The molecular weight excluding hydrogens is 381 g/mol. The lowest BCUT2D eigenvalue weighted by molar-refractivity contribution is -0.126. The summed E-state index contributed by atoms with van der Waals surface area (Å²) >= 11 is 0. The Kier molecular flexibility index (Phi) is 10.1. The van der Waals surface area contributed by atoms with Crippen LogP contribution in [0.4, 0.5) is 0 Å². The first-order valence-electron chi connectivity index (χ1n) is 9.94. The number of amides is 1. The third-order valence-electron chi connectivity index (χ3n) is 6.28. The molecule has 6 heteroatoms. The minimum Gasteiger partial charge on any atom is -0.354 e. The van der Waals surface area contributed by atoms with Gasteiger partial charge in [-0.15, -0.1) is 24.8 Å². The smallest absolute Gasteiger partial charge is 0.223 e. The molecule has 4 N–H and O–H groups in total. The molecule has 0 bridgehead atoms. The van der Waals surface area contributed by atoms with E-state index in [9.17, 15) is 4.79 Å². The molecule has 0 radical (unpaired) electrons. The fourth-order valence-corrected chi connectivity index (χ4v) is 4.76. The van der Waals surface area contributed by atoms with Crippen LogP contribution in [0.3, 0.4) is 0 Å². The Morgan fingerprint density at radius 3 is 2.44 bits per heavy atom. The van der Waals surface area contributed by atoms with Crippen LogP contribution in [0.5, 0.6) is 0 Å². The molecule has 1 amide bonds. The van der Waals surface area contributed by atoms with Gasteiger partial charge in [0.05, 0.1) is 0 Å². The first-order chi connectivity index (χ1) is 12.1. The average Bonchev–Trinajstić information content (AvgIpc) is 3.30. The number of nitrogens with two attached hydrogens (primary N) is 1. The standard InChI is InChI=1S/C21H33N3O.2ClH/c1-16(17-8-3-2-4-9-17)24-21(12-5-6-13-21)15-23-20(25)19-11-7-10-18(19)14-22;;/h2-4,8-9,16,18-19,24H,5-7,10-15,22H2,1H3,(H,23,25);2*1H/t16?,18-,19-;;/m1../s1. The quantitative estimate of drug-likeness (QED) is 0.630. The fraction of sp³-hybridized carbons (Fsp3) is 0.667. The third kappa shape index (κ3) is 6.08. The summed E-state index contributed by atoms with van der Waals surface area (Å²) in [5.41, 5.74) is 7.18. The summed E-state index contributed by atoms with van der Waals surface area (Å²) < 4.78 is 0. The molecule has 0 saturated heterocycles. The molecule has 0 heterocycles. The van der Waals surface area contributed by atoms with Crippen LogP contribution in [-0.2, 0) is 4.79 Å². The van der Waals surface area contributed by atoms with Crippen LogP contribution in [0.25, 0.3) is 0 Å². The lowest BCUT2D eigenvalue weighted by Gasteiger charge is -2.35. The molecule has 3 atom stereocenters. The maximum absolute atomic E-state index is 12.7. The second-order valence-corrected chi connectivity index (χ2v) is 8.02. The highest BCUT2D eigenvalue weighted by atomic mass is 35.5. The summed E-state index contributed by atoms with van der Waals surface area (Å²) in [6.07, 6.45) is 7.97. The zero-order chi connectivity index (χ0) is 17.7. The number of rotatable bonds is 7. The lowest BCUT2D eigenvalue weighted by atomic mass is 9.92. The Hall–Kier alpha value is -0.810. The van der Waals surface area contributed by atoms with Crippen molar-refractivity contribution >= 4 is 30.7 Å². The highest BCUT2D eigenvalue weighted by Crippen LogP contribution is 2.33. The fourth-order valence-electron chi connectivity index (χ4n) is 4.76. The maximum atomic E-state index is 12.7. The second-order valence-electron chi connectivity index (χ2n) is 8.02. The zero-order valence-electron chi connectivity index (χ0n) is 16.3.